The summed E-state index contributed by atoms with van der Waals surface area (Å²) in [6.07, 6.45) is 8.23. The van der Waals surface area contributed by atoms with Gasteiger partial charge in [0.15, 0.2) is 0 Å². The third-order valence-electron chi connectivity index (χ3n) is 3.79. The molecule has 0 aromatic heterocycles. The van der Waals surface area contributed by atoms with Gasteiger partial charge in [-0.05, 0) is 37.0 Å². The molecule has 0 nitrogen and oxygen atoms in total. The molecule has 1 aliphatic rings. The Labute approximate surface area is 170 Å². The summed E-state index contributed by atoms with van der Waals surface area (Å²) in [5, 5.41) is 1.50. The minimum Gasteiger partial charge on any atom is -1.00 e. The molecule has 0 unspecified atom stereocenters. The average molecular weight is 410 g/mol. The molecule has 120 valence electrons. The molecule has 0 spiro atoms. The molecule has 1 aromatic rings. The second kappa shape index (κ2) is 11.1. The van der Waals surface area contributed by atoms with E-state index in [4.69, 9.17) is 0 Å². The summed E-state index contributed by atoms with van der Waals surface area (Å²) in [6.45, 7) is 11.6. The van der Waals surface area contributed by atoms with Crippen LogP contribution in [0.15, 0.2) is 35.0 Å². The molecule has 0 aliphatic heterocycles. The van der Waals surface area contributed by atoms with Gasteiger partial charge in [-0.15, -0.1) is 0 Å². The number of aryl methyl sites for hydroxylation is 1. The first-order chi connectivity index (χ1) is 8.38. The monoisotopic (exact) mass is 408 g/mol. The van der Waals surface area contributed by atoms with E-state index in [0.29, 0.717) is 0 Å². The molecule has 0 fully saturated rings. The van der Waals surface area contributed by atoms with Gasteiger partial charge in [-0.1, -0.05) is 44.3 Å². The Kier molecular flexibility index (Phi) is 13.8. The third kappa shape index (κ3) is 6.95. The maximum Gasteiger partial charge on any atom is 4.00 e. The quantitative estimate of drug-likeness (QED) is 0.351. The zero-order valence-electron chi connectivity index (χ0n) is 13.9. The van der Waals surface area contributed by atoms with Crippen molar-refractivity contribution < 1.29 is 58.9 Å². The maximum atomic E-state index is 3.67. The Bertz CT molecular complexity index is 531. The molecule has 5 heteroatoms. The largest absolute Gasteiger partial charge is 4.00 e. The van der Waals surface area contributed by atoms with Crippen molar-refractivity contribution in [1.29, 1.82) is 0 Å². The van der Waals surface area contributed by atoms with Gasteiger partial charge in [-0.2, -0.15) is 5.57 Å². The minimum atomic E-state index is -1.18. The van der Waals surface area contributed by atoms with Gasteiger partial charge in [0.05, 0.1) is 0 Å². The van der Waals surface area contributed by atoms with Crippen molar-refractivity contribution in [3.8, 4) is 0 Å². The number of rotatable bonds is 3. The van der Waals surface area contributed by atoms with Crippen LogP contribution in [0.5, 0.6) is 0 Å². The molecular weight excluding hydrogens is 386 g/mol. The minimum absolute atomic E-state index is 0. The van der Waals surface area contributed by atoms with Gasteiger partial charge >= 0.3 is 21.7 Å². The van der Waals surface area contributed by atoms with E-state index < -0.39 is 8.07 Å². The fraction of sp³-hybridized carbons (Fsp3) is 0.412. The van der Waals surface area contributed by atoms with Gasteiger partial charge in [-0.25, -0.2) is 11.3 Å². The van der Waals surface area contributed by atoms with Gasteiger partial charge in [0.25, 0.3) is 0 Å². The van der Waals surface area contributed by atoms with Gasteiger partial charge in [0.1, 0.15) is 0 Å². The van der Waals surface area contributed by atoms with Gasteiger partial charge < -0.3 is 37.2 Å². The van der Waals surface area contributed by atoms with Crippen LogP contribution in [0.1, 0.15) is 23.1 Å². The van der Waals surface area contributed by atoms with Crippen molar-refractivity contribution in [3.05, 3.63) is 57.8 Å². The van der Waals surface area contributed by atoms with Crippen LogP contribution >= 0.6 is 0 Å². The standard InChI is InChI=1S/C17H23Si.3ClH.Ti/c1-13-7-6-8-16(14(13)2)11-15-9-10-17(12-15)18(3,4)5;;;;/h6-8,10H,9,11H2,1-5H3;3*1H;/q-1;;;;+4/p-3. The first-order valence-corrected chi connectivity index (χ1v) is 10.3. The van der Waals surface area contributed by atoms with Crippen molar-refractivity contribution in [1.82, 2.24) is 0 Å². The second-order valence-electron chi connectivity index (χ2n) is 6.34. The molecule has 0 bridgehead atoms. The molecule has 22 heavy (non-hydrogen) atoms. The van der Waals surface area contributed by atoms with E-state index in [2.05, 4.69) is 63.8 Å². The summed E-state index contributed by atoms with van der Waals surface area (Å²) >= 11 is 0. The Morgan fingerprint density at radius 1 is 1.05 bits per heavy atom. The van der Waals surface area contributed by atoms with Gasteiger partial charge in [-0.3, -0.25) is 6.08 Å². The molecular formula is C17H23Cl3SiTi. The SMILES string of the molecule is Cc1cccc(CC2=[C-]C([Si](C)(C)C)=CC2)c1C.[Cl-].[Cl-].[Cl-].[Ti+4]. The predicted molar refractivity (Wildman–Crippen MR) is 82.4 cm³/mol. The summed E-state index contributed by atoms with van der Waals surface area (Å²) in [5.74, 6) is 0. The zero-order valence-corrected chi connectivity index (χ0v) is 18.7. The molecule has 0 heterocycles. The molecule has 1 aromatic carbocycles. The van der Waals surface area contributed by atoms with Crippen LogP contribution < -0.4 is 37.2 Å². The predicted octanol–water partition coefficient (Wildman–Crippen LogP) is -4.21. The average Bonchev–Trinajstić information content (AvgIpc) is 2.73. The van der Waals surface area contributed by atoms with Crippen LogP contribution in [-0.2, 0) is 28.1 Å². The van der Waals surface area contributed by atoms with E-state index in [-0.39, 0.29) is 58.9 Å². The van der Waals surface area contributed by atoms with E-state index in [0.717, 1.165) is 12.8 Å². The van der Waals surface area contributed by atoms with Crippen molar-refractivity contribution >= 4 is 8.07 Å². The normalized spacial score (nSPS) is 12.8. The van der Waals surface area contributed by atoms with Crippen molar-refractivity contribution in [2.24, 2.45) is 0 Å². The van der Waals surface area contributed by atoms with Crippen LogP contribution in [0.2, 0.25) is 19.6 Å². The van der Waals surface area contributed by atoms with Crippen LogP contribution in [0.3, 0.4) is 0 Å². The molecule has 0 N–H and O–H groups in total. The number of hydrogen-bond acceptors (Lipinski definition) is 0. The smallest absolute Gasteiger partial charge is 1.00 e. The fourth-order valence-corrected chi connectivity index (χ4v) is 3.63. The number of halogens is 3. The number of hydrogen-bond donors (Lipinski definition) is 0. The molecule has 0 radical (unpaired) electrons. The first kappa shape index (κ1) is 27.4. The van der Waals surface area contributed by atoms with Crippen LogP contribution in [0, 0.1) is 19.9 Å². The molecule has 0 atom stereocenters. The van der Waals surface area contributed by atoms with Crippen LogP contribution in [0.25, 0.3) is 0 Å². The van der Waals surface area contributed by atoms with E-state index in [9.17, 15) is 0 Å². The first-order valence-electron chi connectivity index (χ1n) is 6.75. The van der Waals surface area contributed by atoms with Crippen LogP contribution in [-0.4, -0.2) is 8.07 Å². The summed E-state index contributed by atoms with van der Waals surface area (Å²) in [7, 11) is -1.18. The summed E-state index contributed by atoms with van der Waals surface area (Å²) in [4.78, 5) is 0. The summed E-state index contributed by atoms with van der Waals surface area (Å²) in [5.41, 5.74) is 5.75. The van der Waals surface area contributed by atoms with E-state index in [1.165, 1.54) is 27.5 Å². The topological polar surface area (TPSA) is 0 Å². The van der Waals surface area contributed by atoms with Crippen molar-refractivity contribution in [3.63, 3.8) is 0 Å². The Morgan fingerprint density at radius 2 is 1.64 bits per heavy atom. The third-order valence-corrected chi connectivity index (χ3v) is 5.74. The molecule has 1 aliphatic carbocycles. The molecule has 0 saturated carbocycles. The summed E-state index contributed by atoms with van der Waals surface area (Å²) in [6, 6.07) is 6.61. The van der Waals surface area contributed by atoms with E-state index in [1.807, 2.05) is 0 Å². The van der Waals surface area contributed by atoms with Crippen molar-refractivity contribution in [2.75, 3.05) is 0 Å². The van der Waals surface area contributed by atoms with E-state index in [1.54, 1.807) is 0 Å². The Balaban J connectivity index is -0.000000902. The number of allylic oxidation sites excluding steroid dienone is 4. The second-order valence-corrected chi connectivity index (χ2v) is 11.4. The molecule has 0 saturated heterocycles. The van der Waals surface area contributed by atoms with Crippen LogP contribution in [0.4, 0.5) is 0 Å². The molecule has 0 amide bonds. The van der Waals surface area contributed by atoms with Gasteiger partial charge in [0, 0.05) is 8.07 Å². The van der Waals surface area contributed by atoms with Gasteiger partial charge in [0.2, 0.25) is 0 Å². The summed E-state index contributed by atoms with van der Waals surface area (Å²) < 4.78 is 0. The van der Waals surface area contributed by atoms with Crippen molar-refractivity contribution in [2.45, 2.75) is 46.3 Å². The fourth-order valence-electron chi connectivity index (χ4n) is 2.36. The van der Waals surface area contributed by atoms with E-state index >= 15 is 0 Å². The Morgan fingerprint density at radius 3 is 2.14 bits per heavy atom. The zero-order chi connectivity index (χ0) is 13.3. The Hall–Kier alpha value is 0.501. The maximum absolute atomic E-state index is 3.67. The number of benzene rings is 1. The molecule has 2 rings (SSSR count).